The van der Waals surface area contributed by atoms with Gasteiger partial charge in [-0.15, -0.1) is 0 Å². The molecule has 0 fully saturated rings. The van der Waals surface area contributed by atoms with Crippen LogP contribution in [0.25, 0.3) is 0 Å². The number of hydrogen-bond donors (Lipinski definition) is 4. The minimum absolute atomic E-state index is 0.138. The minimum Gasteiger partial charge on any atom is -0.458 e. The van der Waals surface area contributed by atoms with Crippen LogP contribution in [0.15, 0.2) is 95.8 Å². The number of esters is 1. The number of nitrogens with one attached hydrogen (secondary N) is 1. The molecule has 0 unspecified atom stereocenters. The zero-order chi connectivity index (χ0) is 33.8. The number of primary amides is 1. The monoisotopic (exact) mass is 624 g/mol. The van der Waals surface area contributed by atoms with Gasteiger partial charge in [0.15, 0.2) is 0 Å². The summed E-state index contributed by atoms with van der Waals surface area (Å²) in [5.41, 5.74) is 8.98. The lowest BCUT2D eigenvalue weighted by Crippen LogP contribution is -2.32. The quantitative estimate of drug-likeness (QED) is 0.109. The number of allylic oxidation sites excluding steroid dienone is 8. The van der Waals surface area contributed by atoms with Crippen molar-refractivity contribution in [3.8, 4) is 0 Å². The molecule has 248 valence electrons. The highest BCUT2D eigenvalue weighted by Gasteiger charge is 2.21. The number of cyclic esters (lactones) is 1. The fourth-order valence-electron chi connectivity index (χ4n) is 4.66. The molecule has 2 amide bonds. The number of carbonyl (C=O) groups is 3. The maximum atomic E-state index is 12.7. The van der Waals surface area contributed by atoms with Crippen LogP contribution in [0.1, 0.15) is 79.6 Å². The van der Waals surface area contributed by atoms with Gasteiger partial charge in [0.2, 0.25) is 5.91 Å². The molecule has 9 heteroatoms. The van der Waals surface area contributed by atoms with Gasteiger partial charge in [-0.25, -0.2) is 9.59 Å². The van der Waals surface area contributed by atoms with Gasteiger partial charge in [0.25, 0.3) is 0 Å². The molecule has 1 heterocycles. The molecule has 0 aliphatic carbocycles. The summed E-state index contributed by atoms with van der Waals surface area (Å²) in [6.45, 7) is 13.5. The average molecular weight is 625 g/mol. The Bertz CT molecular complexity index is 1210. The van der Waals surface area contributed by atoms with Crippen LogP contribution in [-0.4, -0.2) is 52.6 Å². The van der Waals surface area contributed by atoms with Crippen LogP contribution in [0, 0.1) is 5.92 Å². The minimum atomic E-state index is -1.12. The van der Waals surface area contributed by atoms with E-state index in [1.807, 2.05) is 58.9 Å². The van der Waals surface area contributed by atoms with Crippen molar-refractivity contribution in [2.75, 3.05) is 0 Å². The first-order chi connectivity index (χ1) is 21.3. The van der Waals surface area contributed by atoms with E-state index in [2.05, 4.69) is 11.9 Å². The molecule has 45 heavy (non-hydrogen) atoms. The number of hydrogen-bond acceptors (Lipinski definition) is 7. The topological polar surface area (TPSA) is 148 Å². The Hall–Kier alpha value is -3.95. The largest absolute Gasteiger partial charge is 0.458 e. The zero-order valence-electron chi connectivity index (χ0n) is 27.4. The molecule has 0 saturated heterocycles. The van der Waals surface area contributed by atoms with Crippen LogP contribution in [0.4, 0.5) is 4.79 Å². The second-order valence-corrected chi connectivity index (χ2v) is 11.7. The third-order valence-electron chi connectivity index (χ3n) is 6.87. The number of carbonyl (C=O) groups excluding carboxylic acids is 3. The van der Waals surface area contributed by atoms with Crippen molar-refractivity contribution in [3.63, 3.8) is 0 Å². The Morgan fingerprint density at radius 2 is 1.91 bits per heavy atom. The lowest BCUT2D eigenvalue weighted by molar-refractivity contribution is -0.144. The van der Waals surface area contributed by atoms with Gasteiger partial charge in [0, 0.05) is 30.7 Å². The first kappa shape index (κ1) is 39.1. The van der Waals surface area contributed by atoms with E-state index >= 15 is 0 Å². The summed E-state index contributed by atoms with van der Waals surface area (Å²) >= 11 is 0. The summed E-state index contributed by atoms with van der Waals surface area (Å²) in [5, 5.41) is 23.5. The highest BCUT2D eigenvalue weighted by molar-refractivity contribution is 5.89. The molecule has 0 saturated carbocycles. The molecule has 1 aliphatic heterocycles. The van der Waals surface area contributed by atoms with Crippen molar-refractivity contribution in [1.82, 2.24) is 5.32 Å². The number of aliphatic hydroxyl groups is 2. The van der Waals surface area contributed by atoms with Crippen LogP contribution in [0.3, 0.4) is 0 Å². The van der Waals surface area contributed by atoms with Crippen molar-refractivity contribution < 1.29 is 34.1 Å². The summed E-state index contributed by atoms with van der Waals surface area (Å²) in [4.78, 5) is 36.2. The Kier molecular flexibility index (Phi) is 18.8. The molecule has 9 nitrogen and oxygen atoms in total. The van der Waals surface area contributed by atoms with E-state index in [0.29, 0.717) is 44.9 Å². The fourth-order valence-corrected chi connectivity index (χ4v) is 4.66. The predicted molar refractivity (Wildman–Crippen MR) is 179 cm³/mol. The van der Waals surface area contributed by atoms with Gasteiger partial charge in [-0.1, -0.05) is 78.3 Å². The van der Waals surface area contributed by atoms with Crippen molar-refractivity contribution in [1.29, 1.82) is 0 Å². The van der Waals surface area contributed by atoms with E-state index < -0.39 is 36.5 Å². The molecule has 5 N–H and O–H groups in total. The van der Waals surface area contributed by atoms with E-state index in [0.717, 1.165) is 22.3 Å². The molecule has 1 rings (SSSR count). The molecular formula is C36H52N2O7. The first-order valence-corrected chi connectivity index (χ1v) is 15.4. The molecule has 5 atom stereocenters. The van der Waals surface area contributed by atoms with Crippen LogP contribution in [0.2, 0.25) is 0 Å². The highest BCUT2D eigenvalue weighted by atomic mass is 16.6. The Balaban J connectivity index is 3.07. The Morgan fingerprint density at radius 3 is 2.60 bits per heavy atom. The molecule has 0 aromatic rings. The molecule has 0 radical (unpaired) electrons. The van der Waals surface area contributed by atoms with E-state index in [9.17, 15) is 24.6 Å². The maximum Gasteiger partial charge on any atom is 0.404 e. The standard InChI is InChI=1S/C36H52N2O7/c1-25(2)21-28(5)24-34(41)38-20-19-27(4)22-29(6)33-23-26(3)13-9-7-11-15-32(45-36(37)43)31(40)18-17-30(39)14-10-8-12-16-35(42)44-33/h7,9,12-13,16-20,22,24,29-33,39-40H,1,8,10-11,14-15,21,23H2,2-6H3,(H2,37,43)(H,38,41)/b9-7?,16-12?,18-17?,20-19+,26-13?,27-22+,28-24-/t29-,30+,31+,32+,33-/m1/s1. The third-order valence-corrected chi connectivity index (χ3v) is 6.87. The van der Waals surface area contributed by atoms with E-state index in [1.54, 1.807) is 24.4 Å². The van der Waals surface area contributed by atoms with Crippen LogP contribution >= 0.6 is 0 Å². The lowest BCUT2D eigenvalue weighted by Gasteiger charge is -2.22. The third kappa shape index (κ3) is 19.1. The summed E-state index contributed by atoms with van der Waals surface area (Å²) in [6, 6.07) is 0. The second-order valence-electron chi connectivity index (χ2n) is 11.7. The van der Waals surface area contributed by atoms with Crippen LogP contribution < -0.4 is 11.1 Å². The van der Waals surface area contributed by atoms with Crippen molar-refractivity contribution in [2.24, 2.45) is 11.7 Å². The second kappa shape index (κ2) is 21.7. The average Bonchev–Trinajstić information content (AvgIpc) is 2.93. The molecule has 0 bridgehead atoms. The summed E-state index contributed by atoms with van der Waals surface area (Å²) < 4.78 is 11.0. The Morgan fingerprint density at radius 1 is 1.18 bits per heavy atom. The van der Waals surface area contributed by atoms with Gasteiger partial charge in [0.1, 0.15) is 18.3 Å². The van der Waals surface area contributed by atoms with Gasteiger partial charge in [-0.2, -0.15) is 0 Å². The van der Waals surface area contributed by atoms with Crippen molar-refractivity contribution in [3.05, 3.63) is 95.8 Å². The van der Waals surface area contributed by atoms with Gasteiger partial charge in [-0.3, -0.25) is 4.79 Å². The van der Waals surface area contributed by atoms with Gasteiger partial charge < -0.3 is 30.7 Å². The van der Waals surface area contributed by atoms with Crippen molar-refractivity contribution in [2.45, 2.75) is 104 Å². The first-order valence-electron chi connectivity index (χ1n) is 15.4. The van der Waals surface area contributed by atoms with E-state index in [4.69, 9.17) is 15.2 Å². The number of aliphatic hydroxyl groups excluding tert-OH is 2. The van der Waals surface area contributed by atoms with Crippen molar-refractivity contribution >= 4 is 18.0 Å². The highest BCUT2D eigenvalue weighted by Crippen LogP contribution is 2.21. The number of amides is 2. The van der Waals surface area contributed by atoms with E-state index in [1.165, 1.54) is 18.2 Å². The van der Waals surface area contributed by atoms with E-state index in [-0.39, 0.29) is 11.8 Å². The molecular weight excluding hydrogens is 572 g/mol. The molecule has 1 aliphatic rings. The van der Waals surface area contributed by atoms with Crippen LogP contribution in [0.5, 0.6) is 0 Å². The maximum absolute atomic E-state index is 12.7. The number of rotatable bonds is 8. The Labute approximate surface area is 268 Å². The fraction of sp³-hybridized carbons (Fsp3) is 0.472. The SMILES string of the molecule is C=C(C)C/C(C)=C\C(=O)N/C=C/C(C)=C/[C@@H](C)[C@H]1CC(C)=CC=CCC[C@H](OC(N)=O)[C@@H](O)C=C[C@@H](O)CCCC=CC(=O)O1. The van der Waals surface area contributed by atoms with Gasteiger partial charge in [0.05, 0.1) is 6.10 Å². The summed E-state index contributed by atoms with van der Waals surface area (Å²) in [7, 11) is 0. The van der Waals surface area contributed by atoms with Gasteiger partial charge >= 0.3 is 12.1 Å². The molecule has 0 aromatic heterocycles. The summed E-state index contributed by atoms with van der Waals surface area (Å²) in [6.07, 6.45) is 18.0. The zero-order valence-corrected chi connectivity index (χ0v) is 27.4. The molecule has 0 spiro atoms. The normalized spacial score (nSPS) is 24.0. The smallest absolute Gasteiger partial charge is 0.404 e. The number of ether oxygens (including phenoxy) is 2. The van der Waals surface area contributed by atoms with Gasteiger partial charge in [-0.05, 0) is 72.3 Å². The lowest BCUT2D eigenvalue weighted by atomic mass is 9.95. The van der Waals surface area contributed by atoms with Crippen LogP contribution in [-0.2, 0) is 19.1 Å². The molecule has 0 aromatic carbocycles. The number of nitrogens with two attached hydrogens (primary N) is 1. The summed E-state index contributed by atoms with van der Waals surface area (Å²) in [5.74, 6) is -0.798. The predicted octanol–water partition coefficient (Wildman–Crippen LogP) is 6.18.